The summed E-state index contributed by atoms with van der Waals surface area (Å²) in [6.45, 7) is 0. The first kappa shape index (κ1) is 16.1. The molecule has 0 heterocycles. The van der Waals surface area contributed by atoms with Crippen molar-refractivity contribution in [2.24, 2.45) is 0 Å². The highest BCUT2D eigenvalue weighted by Crippen LogP contribution is 2.38. The molecular weight excluding hydrogens is 406 g/mol. The Morgan fingerprint density at radius 3 is 2.15 bits per heavy atom. The number of rotatable bonds is 3. The fourth-order valence-electron chi connectivity index (χ4n) is 1.70. The lowest BCUT2D eigenvalue weighted by molar-refractivity contribution is 0.0993. The summed E-state index contributed by atoms with van der Waals surface area (Å²) in [6.07, 6.45) is 0.185. The molecule has 20 heavy (non-hydrogen) atoms. The summed E-state index contributed by atoms with van der Waals surface area (Å²) in [6, 6.07) is 8.84. The van der Waals surface area contributed by atoms with Crippen LogP contribution in [-0.2, 0) is 6.42 Å². The maximum Gasteiger partial charge on any atom is 0.170 e. The van der Waals surface area contributed by atoms with E-state index in [4.69, 9.17) is 46.4 Å². The van der Waals surface area contributed by atoms with Gasteiger partial charge in [-0.1, -0.05) is 74.5 Å². The van der Waals surface area contributed by atoms with Crippen LogP contribution in [0.2, 0.25) is 20.1 Å². The molecule has 0 aliphatic carbocycles. The first-order valence-electron chi connectivity index (χ1n) is 5.50. The van der Waals surface area contributed by atoms with Crippen LogP contribution in [0.15, 0.2) is 34.8 Å². The summed E-state index contributed by atoms with van der Waals surface area (Å²) in [5, 5.41) is 0.650. The van der Waals surface area contributed by atoms with E-state index in [0.717, 1.165) is 10.0 Å². The Balaban J connectivity index is 2.34. The van der Waals surface area contributed by atoms with Crippen molar-refractivity contribution < 1.29 is 4.79 Å². The largest absolute Gasteiger partial charge is 0.294 e. The van der Waals surface area contributed by atoms with Crippen LogP contribution < -0.4 is 0 Å². The van der Waals surface area contributed by atoms with Crippen LogP contribution in [0.25, 0.3) is 0 Å². The summed E-state index contributed by atoms with van der Waals surface area (Å²) in [4.78, 5) is 12.3. The van der Waals surface area contributed by atoms with Crippen LogP contribution in [0.1, 0.15) is 15.9 Å². The highest BCUT2D eigenvalue weighted by Gasteiger charge is 2.20. The van der Waals surface area contributed by atoms with Gasteiger partial charge in [0.05, 0.1) is 25.7 Å². The van der Waals surface area contributed by atoms with Gasteiger partial charge in [0, 0.05) is 10.9 Å². The number of hydrogen-bond donors (Lipinski definition) is 0. The molecule has 0 fully saturated rings. The molecule has 0 unspecified atom stereocenters. The molecule has 2 aromatic rings. The van der Waals surface area contributed by atoms with E-state index in [1.54, 1.807) is 0 Å². The molecule has 1 nitrogen and oxygen atoms in total. The monoisotopic (exact) mass is 410 g/mol. The van der Waals surface area contributed by atoms with Crippen molar-refractivity contribution in [2.45, 2.75) is 6.42 Å². The lowest BCUT2D eigenvalue weighted by atomic mass is 10.0. The number of ketones is 1. The number of hydrogen-bond acceptors (Lipinski definition) is 1. The van der Waals surface area contributed by atoms with Gasteiger partial charge < -0.3 is 0 Å². The zero-order valence-corrected chi connectivity index (χ0v) is 14.5. The fraction of sp³-hybridized carbons (Fsp3) is 0.0714. The molecule has 2 aromatic carbocycles. The van der Waals surface area contributed by atoms with Crippen molar-refractivity contribution in [2.75, 3.05) is 0 Å². The Labute approximate surface area is 144 Å². The van der Waals surface area contributed by atoms with E-state index in [1.807, 2.05) is 24.3 Å². The second-order valence-corrected chi connectivity index (χ2v) is 6.56. The maximum atomic E-state index is 12.3. The number of benzene rings is 2. The summed E-state index contributed by atoms with van der Waals surface area (Å²) in [5.41, 5.74) is 1.06. The molecule has 6 heteroatoms. The number of carbonyl (C=O) groups excluding carboxylic acids is 1. The molecule has 0 spiro atoms. The quantitative estimate of drug-likeness (QED) is 0.320. The van der Waals surface area contributed by atoms with Gasteiger partial charge in [-0.25, -0.2) is 0 Å². The van der Waals surface area contributed by atoms with Crippen molar-refractivity contribution in [1.29, 1.82) is 0 Å². The van der Waals surface area contributed by atoms with Gasteiger partial charge in [0.15, 0.2) is 5.78 Å². The van der Waals surface area contributed by atoms with Gasteiger partial charge >= 0.3 is 0 Å². The Hall–Kier alpha value is -0.250. The van der Waals surface area contributed by atoms with Crippen LogP contribution in [-0.4, -0.2) is 5.78 Å². The Morgan fingerprint density at radius 2 is 1.55 bits per heavy atom. The minimum absolute atomic E-state index is 0.0891. The Kier molecular flexibility index (Phi) is 5.38. The van der Waals surface area contributed by atoms with E-state index in [-0.39, 0.29) is 37.9 Å². The average Bonchev–Trinajstić information content (AvgIpc) is 2.39. The molecule has 104 valence electrons. The topological polar surface area (TPSA) is 17.1 Å². The fourth-order valence-corrected chi connectivity index (χ4v) is 3.09. The van der Waals surface area contributed by atoms with Crippen LogP contribution in [0.5, 0.6) is 0 Å². The van der Waals surface area contributed by atoms with Crippen molar-refractivity contribution in [3.63, 3.8) is 0 Å². The van der Waals surface area contributed by atoms with E-state index in [2.05, 4.69) is 15.9 Å². The van der Waals surface area contributed by atoms with Gasteiger partial charge in [-0.2, -0.15) is 0 Å². The van der Waals surface area contributed by atoms with E-state index in [0.29, 0.717) is 0 Å². The molecule has 0 aliphatic rings. The first-order chi connectivity index (χ1) is 9.40. The third kappa shape index (κ3) is 3.49. The molecular formula is C14H7BrCl4O. The van der Waals surface area contributed by atoms with Crippen molar-refractivity contribution >= 4 is 68.1 Å². The van der Waals surface area contributed by atoms with Crippen LogP contribution >= 0.6 is 62.3 Å². The van der Waals surface area contributed by atoms with Gasteiger partial charge in [-0.3, -0.25) is 4.79 Å². The van der Waals surface area contributed by atoms with E-state index in [1.165, 1.54) is 6.07 Å². The van der Waals surface area contributed by atoms with Gasteiger partial charge in [-0.05, 0) is 23.8 Å². The standard InChI is InChI=1S/C14H7BrCl4O/c15-8-3-1-7(2-4-8)5-11(20)12-9(16)6-10(17)13(18)14(12)19/h1-4,6H,5H2. The molecule has 0 N–H and O–H groups in total. The third-order valence-electron chi connectivity index (χ3n) is 2.67. The third-order valence-corrected chi connectivity index (χ3v) is 4.76. The molecule has 0 radical (unpaired) electrons. The Morgan fingerprint density at radius 1 is 0.950 bits per heavy atom. The predicted molar refractivity (Wildman–Crippen MR) is 88.7 cm³/mol. The summed E-state index contributed by atoms with van der Waals surface area (Å²) in [7, 11) is 0. The van der Waals surface area contributed by atoms with Gasteiger partial charge in [0.1, 0.15) is 0 Å². The SMILES string of the molecule is O=C(Cc1ccc(Br)cc1)c1c(Cl)cc(Cl)c(Cl)c1Cl. The van der Waals surface area contributed by atoms with E-state index in [9.17, 15) is 4.79 Å². The minimum atomic E-state index is -0.208. The zero-order valence-electron chi connectivity index (χ0n) is 9.89. The average molecular weight is 413 g/mol. The number of Topliss-reactive ketones (excluding diaryl/α,β-unsaturated/α-hetero) is 1. The summed E-state index contributed by atoms with van der Waals surface area (Å²) < 4.78 is 0.944. The van der Waals surface area contributed by atoms with E-state index >= 15 is 0 Å². The maximum absolute atomic E-state index is 12.3. The lowest BCUT2D eigenvalue weighted by Gasteiger charge is -2.09. The number of halogens is 5. The smallest absolute Gasteiger partial charge is 0.170 e. The molecule has 0 saturated heterocycles. The molecule has 0 aliphatic heterocycles. The second kappa shape index (κ2) is 6.67. The number of carbonyl (C=O) groups is 1. The van der Waals surface area contributed by atoms with Crippen LogP contribution in [0.4, 0.5) is 0 Å². The summed E-state index contributed by atoms with van der Waals surface area (Å²) >= 11 is 27.2. The normalized spacial score (nSPS) is 10.7. The van der Waals surface area contributed by atoms with Gasteiger partial charge in [-0.15, -0.1) is 0 Å². The van der Waals surface area contributed by atoms with Crippen LogP contribution in [0, 0.1) is 0 Å². The van der Waals surface area contributed by atoms with E-state index < -0.39 is 0 Å². The molecule has 0 amide bonds. The van der Waals surface area contributed by atoms with Crippen molar-refractivity contribution in [3.8, 4) is 0 Å². The van der Waals surface area contributed by atoms with Crippen molar-refractivity contribution in [3.05, 3.63) is 66.0 Å². The molecule has 0 aromatic heterocycles. The zero-order chi connectivity index (χ0) is 14.9. The van der Waals surface area contributed by atoms with Gasteiger partial charge in [0.2, 0.25) is 0 Å². The first-order valence-corrected chi connectivity index (χ1v) is 7.81. The Bertz CT molecular complexity index is 668. The molecule has 0 saturated carbocycles. The molecule has 0 bridgehead atoms. The molecule has 0 atom stereocenters. The summed E-state index contributed by atoms with van der Waals surface area (Å²) in [5.74, 6) is -0.208. The second-order valence-electron chi connectivity index (χ2n) is 4.07. The highest BCUT2D eigenvalue weighted by molar-refractivity contribution is 9.10. The lowest BCUT2D eigenvalue weighted by Crippen LogP contribution is -2.06. The minimum Gasteiger partial charge on any atom is -0.294 e. The van der Waals surface area contributed by atoms with Crippen LogP contribution in [0.3, 0.4) is 0 Å². The molecule has 2 rings (SSSR count). The highest BCUT2D eigenvalue weighted by atomic mass is 79.9. The predicted octanol–water partition coefficient (Wildman–Crippen LogP) is 6.49. The van der Waals surface area contributed by atoms with Crippen molar-refractivity contribution in [1.82, 2.24) is 0 Å². The van der Waals surface area contributed by atoms with Gasteiger partial charge in [0.25, 0.3) is 0 Å².